The molecule has 1 atom stereocenters. The van der Waals surface area contributed by atoms with Crippen molar-refractivity contribution in [3.8, 4) is 11.5 Å². The Balaban J connectivity index is 2.41. The van der Waals surface area contributed by atoms with Gasteiger partial charge in [-0.15, -0.1) is 11.3 Å². The van der Waals surface area contributed by atoms with Crippen LogP contribution in [0.2, 0.25) is 0 Å². The highest BCUT2D eigenvalue weighted by atomic mass is 79.9. The normalized spacial score (nSPS) is 12.2. The first-order chi connectivity index (χ1) is 10.2. The maximum Gasteiger partial charge on any atom is 0.129 e. The molecule has 0 spiro atoms. The number of ether oxygens (including phenoxy) is 2. The molecule has 0 amide bonds. The summed E-state index contributed by atoms with van der Waals surface area (Å²) in [6, 6.07) is 8.28. The average molecular weight is 370 g/mol. The van der Waals surface area contributed by atoms with E-state index < -0.39 is 0 Å². The first-order valence-electron chi connectivity index (χ1n) is 6.88. The Morgan fingerprint density at radius 3 is 2.67 bits per heavy atom. The highest BCUT2D eigenvalue weighted by Gasteiger charge is 2.20. The molecule has 5 heteroatoms. The second-order valence-electron chi connectivity index (χ2n) is 4.66. The summed E-state index contributed by atoms with van der Waals surface area (Å²) in [5.41, 5.74) is 1.13. The van der Waals surface area contributed by atoms with Crippen LogP contribution >= 0.6 is 27.3 Å². The number of nitrogens with one attached hydrogen (secondary N) is 1. The minimum Gasteiger partial charge on any atom is -0.496 e. The van der Waals surface area contributed by atoms with E-state index in [2.05, 4.69) is 40.3 Å². The van der Waals surface area contributed by atoms with Crippen molar-refractivity contribution in [1.82, 2.24) is 5.32 Å². The number of hydrogen-bond donors (Lipinski definition) is 1. The van der Waals surface area contributed by atoms with Crippen molar-refractivity contribution in [2.24, 2.45) is 0 Å². The minimum atomic E-state index is 0.103. The molecule has 0 saturated carbocycles. The summed E-state index contributed by atoms with van der Waals surface area (Å²) in [4.78, 5) is 1.22. The number of benzene rings is 1. The summed E-state index contributed by atoms with van der Waals surface area (Å²) in [5, 5.41) is 5.62. The molecular formula is C16H20BrNO2S. The molecule has 0 fully saturated rings. The van der Waals surface area contributed by atoms with E-state index in [0.717, 1.165) is 34.5 Å². The Labute approximate surface area is 138 Å². The van der Waals surface area contributed by atoms with Crippen molar-refractivity contribution in [2.45, 2.75) is 19.4 Å². The van der Waals surface area contributed by atoms with Crippen LogP contribution < -0.4 is 14.8 Å². The van der Waals surface area contributed by atoms with Crippen LogP contribution in [0.3, 0.4) is 0 Å². The van der Waals surface area contributed by atoms with E-state index in [9.17, 15) is 0 Å². The molecule has 3 nitrogen and oxygen atoms in total. The Hall–Kier alpha value is -1.04. The molecule has 0 bridgehead atoms. The van der Waals surface area contributed by atoms with E-state index in [1.165, 1.54) is 4.88 Å². The Bertz CT molecular complexity index is 585. The number of thiophene rings is 1. The zero-order chi connectivity index (χ0) is 15.2. The van der Waals surface area contributed by atoms with Crippen LogP contribution in [0.25, 0.3) is 0 Å². The maximum atomic E-state index is 5.53. The number of methoxy groups -OCH3 is 2. The zero-order valence-electron chi connectivity index (χ0n) is 12.5. The maximum absolute atomic E-state index is 5.53. The minimum absolute atomic E-state index is 0.103. The van der Waals surface area contributed by atoms with Crippen molar-refractivity contribution in [2.75, 3.05) is 20.8 Å². The fourth-order valence-electron chi connectivity index (χ4n) is 2.18. The molecule has 1 aromatic heterocycles. The lowest BCUT2D eigenvalue weighted by Crippen LogP contribution is -2.23. The van der Waals surface area contributed by atoms with Crippen molar-refractivity contribution < 1.29 is 9.47 Å². The Kier molecular flexibility index (Phi) is 6.08. The number of rotatable bonds is 7. The van der Waals surface area contributed by atoms with Crippen LogP contribution in [0.1, 0.15) is 29.8 Å². The first kappa shape index (κ1) is 16.3. The van der Waals surface area contributed by atoms with E-state index >= 15 is 0 Å². The van der Waals surface area contributed by atoms with E-state index in [-0.39, 0.29) is 6.04 Å². The lowest BCUT2D eigenvalue weighted by molar-refractivity contribution is 0.403. The molecule has 2 rings (SSSR count). The molecule has 1 heterocycles. The average Bonchev–Trinajstić information content (AvgIpc) is 2.97. The molecule has 2 aromatic rings. The predicted octanol–water partition coefficient (Wildman–Crippen LogP) is 4.62. The third kappa shape index (κ3) is 3.99. The number of halogens is 1. The third-order valence-corrected chi connectivity index (χ3v) is 4.69. The fourth-order valence-corrected chi connectivity index (χ4v) is 3.50. The molecule has 1 unspecified atom stereocenters. The van der Waals surface area contributed by atoms with Crippen LogP contribution in [0.5, 0.6) is 11.5 Å². The second-order valence-corrected chi connectivity index (χ2v) is 6.52. The van der Waals surface area contributed by atoms with Gasteiger partial charge >= 0.3 is 0 Å². The molecule has 21 heavy (non-hydrogen) atoms. The molecule has 0 aliphatic heterocycles. The van der Waals surface area contributed by atoms with Crippen LogP contribution in [0.4, 0.5) is 0 Å². The molecule has 0 radical (unpaired) electrons. The molecular weight excluding hydrogens is 350 g/mol. The first-order valence-corrected chi connectivity index (χ1v) is 8.56. The van der Waals surface area contributed by atoms with Gasteiger partial charge in [-0.3, -0.25) is 0 Å². The highest BCUT2D eigenvalue weighted by molar-refractivity contribution is 9.10. The van der Waals surface area contributed by atoms with Crippen molar-refractivity contribution in [3.63, 3.8) is 0 Å². The summed E-state index contributed by atoms with van der Waals surface area (Å²) >= 11 is 5.24. The van der Waals surface area contributed by atoms with Gasteiger partial charge in [0, 0.05) is 20.3 Å². The predicted molar refractivity (Wildman–Crippen MR) is 91.7 cm³/mol. The smallest absolute Gasteiger partial charge is 0.129 e. The van der Waals surface area contributed by atoms with Crippen molar-refractivity contribution in [3.05, 3.63) is 44.6 Å². The summed E-state index contributed by atoms with van der Waals surface area (Å²) in [6.45, 7) is 3.11. The molecule has 0 saturated heterocycles. The monoisotopic (exact) mass is 369 g/mol. The van der Waals surface area contributed by atoms with Gasteiger partial charge in [0.05, 0.1) is 20.3 Å². The van der Waals surface area contributed by atoms with Crippen LogP contribution in [0.15, 0.2) is 34.1 Å². The van der Waals surface area contributed by atoms with Crippen LogP contribution in [0, 0.1) is 0 Å². The van der Waals surface area contributed by atoms with Crippen molar-refractivity contribution >= 4 is 27.3 Å². The quantitative estimate of drug-likeness (QED) is 0.772. The molecule has 1 N–H and O–H groups in total. The van der Waals surface area contributed by atoms with E-state index in [4.69, 9.17) is 9.47 Å². The molecule has 1 aromatic carbocycles. The van der Waals surface area contributed by atoms with Gasteiger partial charge < -0.3 is 14.8 Å². The van der Waals surface area contributed by atoms with Crippen molar-refractivity contribution in [1.29, 1.82) is 0 Å². The van der Waals surface area contributed by atoms with Gasteiger partial charge in [0.25, 0.3) is 0 Å². The molecule has 0 aliphatic carbocycles. The van der Waals surface area contributed by atoms with Gasteiger partial charge in [-0.25, -0.2) is 0 Å². The number of hydrogen-bond acceptors (Lipinski definition) is 4. The van der Waals surface area contributed by atoms with Gasteiger partial charge in [0.15, 0.2) is 0 Å². The SMILES string of the molecule is CCCNC(c1cc(OC)cs1)c1cc(Br)ccc1OC. The van der Waals surface area contributed by atoms with Gasteiger partial charge in [0.1, 0.15) is 11.5 Å². The lowest BCUT2D eigenvalue weighted by Gasteiger charge is -2.20. The largest absolute Gasteiger partial charge is 0.496 e. The topological polar surface area (TPSA) is 30.5 Å². The Morgan fingerprint density at radius 1 is 1.24 bits per heavy atom. The molecule has 0 aliphatic rings. The summed E-state index contributed by atoms with van der Waals surface area (Å²) in [6.07, 6.45) is 1.08. The van der Waals surface area contributed by atoms with Gasteiger partial charge in [-0.2, -0.15) is 0 Å². The third-order valence-electron chi connectivity index (χ3n) is 3.22. The summed E-state index contributed by atoms with van der Waals surface area (Å²) in [7, 11) is 3.40. The van der Waals surface area contributed by atoms with Crippen LogP contribution in [-0.2, 0) is 0 Å². The van der Waals surface area contributed by atoms with Crippen LogP contribution in [-0.4, -0.2) is 20.8 Å². The van der Waals surface area contributed by atoms with E-state index in [0.29, 0.717) is 0 Å². The van der Waals surface area contributed by atoms with Gasteiger partial charge in [-0.05, 0) is 37.2 Å². The Morgan fingerprint density at radius 2 is 2.05 bits per heavy atom. The molecule has 114 valence electrons. The van der Waals surface area contributed by atoms with E-state index in [1.54, 1.807) is 25.6 Å². The van der Waals surface area contributed by atoms with Gasteiger partial charge in [-0.1, -0.05) is 22.9 Å². The standard InChI is InChI=1S/C16H20BrNO2S/c1-4-7-18-16(15-9-12(19-2)10-21-15)13-8-11(17)5-6-14(13)20-3/h5-6,8-10,16,18H,4,7H2,1-3H3. The lowest BCUT2D eigenvalue weighted by atomic mass is 10.0. The summed E-state index contributed by atoms with van der Waals surface area (Å²) < 4.78 is 11.9. The van der Waals surface area contributed by atoms with Gasteiger partial charge in [0.2, 0.25) is 0 Å². The fraction of sp³-hybridized carbons (Fsp3) is 0.375. The zero-order valence-corrected chi connectivity index (χ0v) is 14.9. The second kappa shape index (κ2) is 7.82. The highest BCUT2D eigenvalue weighted by Crippen LogP contribution is 2.36. The van der Waals surface area contributed by atoms with E-state index in [1.807, 2.05) is 17.5 Å². The summed E-state index contributed by atoms with van der Waals surface area (Å²) in [5.74, 6) is 1.78.